The predicted molar refractivity (Wildman–Crippen MR) is 57.8 cm³/mol. The first kappa shape index (κ1) is 11.7. The number of aromatic hydroxyl groups is 1. The molecule has 1 fully saturated rings. The summed E-state index contributed by atoms with van der Waals surface area (Å²) in [6.07, 6.45) is 1.17. The van der Waals surface area contributed by atoms with E-state index in [1.807, 2.05) is 0 Å². The Morgan fingerprint density at radius 3 is 2.65 bits per heavy atom. The summed E-state index contributed by atoms with van der Waals surface area (Å²) in [4.78, 5) is 10.8. The molecule has 1 aromatic rings. The van der Waals surface area contributed by atoms with Gasteiger partial charge in [0.15, 0.2) is 11.5 Å². The lowest BCUT2D eigenvalue weighted by Crippen LogP contribution is -2.13. The SMILES string of the molecule is COc1cc(F)cc(C2(CC(=O)O)CC2)c1O. The van der Waals surface area contributed by atoms with Gasteiger partial charge in [0.05, 0.1) is 13.5 Å². The van der Waals surface area contributed by atoms with Crippen molar-refractivity contribution in [2.45, 2.75) is 24.7 Å². The standard InChI is InChI=1S/C12H13FO4/c1-17-9-5-7(13)4-8(11(9)16)12(2-3-12)6-10(14)15/h4-5,16H,2-3,6H2,1H3,(H,14,15). The molecule has 2 rings (SSSR count). The molecule has 0 unspecified atom stereocenters. The van der Waals surface area contributed by atoms with Gasteiger partial charge in [-0.05, 0) is 18.9 Å². The summed E-state index contributed by atoms with van der Waals surface area (Å²) in [5, 5.41) is 18.7. The first-order chi connectivity index (χ1) is 7.98. The third-order valence-electron chi connectivity index (χ3n) is 3.17. The minimum Gasteiger partial charge on any atom is -0.504 e. The monoisotopic (exact) mass is 240 g/mol. The van der Waals surface area contributed by atoms with Crippen LogP contribution in [0.2, 0.25) is 0 Å². The fourth-order valence-electron chi connectivity index (χ4n) is 2.12. The van der Waals surface area contributed by atoms with Crippen molar-refractivity contribution in [2.75, 3.05) is 7.11 Å². The maximum Gasteiger partial charge on any atom is 0.304 e. The van der Waals surface area contributed by atoms with Gasteiger partial charge in [-0.1, -0.05) is 0 Å². The van der Waals surface area contributed by atoms with Crippen molar-refractivity contribution in [3.8, 4) is 11.5 Å². The Hall–Kier alpha value is -1.78. The molecule has 0 bridgehead atoms. The Kier molecular flexibility index (Phi) is 2.69. The van der Waals surface area contributed by atoms with Gasteiger partial charge in [-0.15, -0.1) is 0 Å². The van der Waals surface area contributed by atoms with Gasteiger partial charge in [-0.2, -0.15) is 0 Å². The molecule has 1 saturated carbocycles. The molecular formula is C12H13FO4. The van der Waals surface area contributed by atoms with Gasteiger partial charge < -0.3 is 14.9 Å². The number of halogens is 1. The molecule has 0 atom stereocenters. The van der Waals surface area contributed by atoms with Crippen LogP contribution in [0.15, 0.2) is 12.1 Å². The fourth-order valence-corrected chi connectivity index (χ4v) is 2.12. The maximum absolute atomic E-state index is 13.4. The van der Waals surface area contributed by atoms with Crippen LogP contribution in [-0.4, -0.2) is 23.3 Å². The van der Waals surface area contributed by atoms with E-state index in [-0.39, 0.29) is 17.9 Å². The molecule has 17 heavy (non-hydrogen) atoms. The Balaban J connectivity index is 2.45. The van der Waals surface area contributed by atoms with Crippen LogP contribution in [0.4, 0.5) is 4.39 Å². The van der Waals surface area contributed by atoms with Crippen LogP contribution >= 0.6 is 0 Å². The number of carboxylic acids is 1. The maximum atomic E-state index is 13.4. The van der Waals surface area contributed by atoms with Crippen LogP contribution in [0, 0.1) is 5.82 Å². The van der Waals surface area contributed by atoms with Crippen LogP contribution in [0.3, 0.4) is 0 Å². The third kappa shape index (κ3) is 2.05. The first-order valence-electron chi connectivity index (χ1n) is 5.27. The van der Waals surface area contributed by atoms with Crippen molar-refractivity contribution in [2.24, 2.45) is 0 Å². The molecule has 0 heterocycles. The molecule has 0 aliphatic heterocycles. The largest absolute Gasteiger partial charge is 0.504 e. The van der Waals surface area contributed by atoms with E-state index < -0.39 is 17.2 Å². The second-order valence-electron chi connectivity index (χ2n) is 4.36. The average molecular weight is 240 g/mol. The molecule has 92 valence electrons. The van der Waals surface area contributed by atoms with E-state index >= 15 is 0 Å². The van der Waals surface area contributed by atoms with Crippen LogP contribution in [-0.2, 0) is 10.2 Å². The normalized spacial score (nSPS) is 16.6. The summed E-state index contributed by atoms with van der Waals surface area (Å²) in [6.45, 7) is 0. The molecule has 4 nitrogen and oxygen atoms in total. The number of carboxylic acid groups (broad SMARTS) is 1. The van der Waals surface area contributed by atoms with Gasteiger partial charge in [0.1, 0.15) is 5.82 Å². The quantitative estimate of drug-likeness (QED) is 0.845. The minimum absolute atomic E-state index is 0.0386. The molecule has 1 aliphatic rings. The van der Waals surface area contributed by atoms with Crippen molar-refractivity contribution in [3.63, 3.8) is 0 Å². The Morgan fingerprint density at radius 1 is 1.53 bits per heavy atom. The van der Waals surface area contributed by atoms with E-state index in [0.29, 0.717) is 18.4 Å². The van der Waals surface area contributed by atoms with Gasteiger partial charge in [-0.25, -0.2) is 4.39 Å². The molecule has 2 N–H and O–H groups in total. The smallest absolute Gasteiger partial charge is 0.304 e. The van der Waals surface area contributed by atoms with Crippen LogP contribution < -0.4 is 4.74 Å². The van der Waals surface area contributed by atoms with E-state index in [1.54, 1.807) is 0 Å². The molecule has 0 radical (unpaired) electrons. The van der Waals surface area contributed by atoms with Crippen LogP contribution in [0.25, 0.3) is 0 Å². The Labute approximate surface area is 97.6 Å². The van der Waals surface area contributed by atoms with Crippen LogP contribution in [0.5, 0.6) is 11.5 Å². The van der Waals surface area contributed by atoms with Crippen molar-refractivity contribution in [1.82, 2.24) is 0 Å². The summed E-state index contributed by atoms with van der Waals surface area (Å²) in [5.41, 5.74) is -0.303. The van der Waals surface area contributed by atoms with E-state index in [2.05, 4.69) is 0 Å². The molecule has 5 heteroatoms. The first-order valence-corrected chi connectivity index (χ1v) is 5.27. The van der Waals surface area contributed by atoms with Crippen molar-refractivity contribution in [3.05, 3.63) is 23.5 Å². The molecule has 0 saturated heterocycles. The predicted octanol–water partition coefficient (Wildman–Crippen LogP) is 2.05. The van der Waals surface area contributed by atoms with E-state index in [1.165, 1.54) is 13.2 Å². The number of benzene rings is 1. The summed E-state index contributed by atoms with van der Waals surface area (Å²) < 4.78 is 18.2. The second kappa shape index (κ2) is 3.91. The van der Waals surface area contributed by atoms with Gasteiger partial charge in [0, 0.05) is 17.0 Å². The van der Waals surface area contributed by atoms with E-state index in [4.69, 9.17) is 9.84 Å². The lowest BCUT2D eigenvalue weighted by Gasteiger charge is -2.16. The average Bonchev–Trinajstić information content (AvgIpc) is 3.00. The third-order valence-corrected chi connectivity index (χ3v) is 3.17. The highest BCUT2D eigenvalue weighted by atomic mass is 19.1. The highest BCUT2D eigenvalue weighted by Gasteiger charge is 2.48. The van der Waals surface area contributed by atoms with Crippen molar-refractivity contribution >= 4 is 5.97 Å². The number of hydrogen-bond donors (Lipinski definition) is 2. The Bertz CT molecular complexity index is 466. The number of methoxy groups -OCH3 is 1. The lowest BCUT2D eigenvalue weighted by atomic mass is 9.91. The number of phenols is 1. The van der Waals surface area contributed by atoms with Gasteiger partial charge in [0.25, 0.3) is 0 Å². The molecule has 0 amide bonds. The van der Waals surface area contributed by atoms with Gasteiger partial charge in [0.2, 0.25) is 0 Å². The number of phenolic OH excluding ortho intramolecular Hbond substituents is 1. The summed E-state index contributed by atoms with van der Waals surface area (Å²) in [5.74, 6) is -1.61. The van der Waals surface area contributed by atoms with E-state index in [0.717, 1.165) is 6.07 Å². The number of hydrogen-bond acceptors (Lipinski definition) is 3. The Morgan fingerprint density at radius 2 is 2.18 bits per heavy atom. The number of rotatable bonds is 4. The minimum atomic E-state index is -0.954. The zero-order valence-electron chi connectivity index (χ0n) is 9.36. The van der Waals surface area contributed by atoms with Gasteiger partial charge >= 0.3 is 5.97 Å². The molecule has 1 aliphatic carbocycles. The van der Waals surface area contributed by atoms with Crippen LogP contribution in [0.1, 0.15) is 24.8 Å². The molecule has 0 spiro atoms. The second-order valence-corrected chi connectivity index (χ2v) is 4.36. The topological polar surface area (TPSA) is 66.8 Å². The zero-order valence-corrected chi connectivity index (χ0v) is 9.36. The highest BCUT2D eigenvalue weighted by Crippen LogP contribution is 2.55. The highest BCUT2D eigenvalue weighted by molar-refractivity contribution is 5.71. The number of aliphatic carboxylic acids is 1. The zero-order chi connectivity index (χ0) is 12.6. The van der Waals surface area contributed by atoms with E-state index in [9.17, 15) is 14.3 Å². The molecular weight excluding hydrogens is 227 g/mol. The summed E-state index contributed by atoms with van der Waals surface area (Å²) in [6, 6.07) is 2.27. The van der Waals surface area contributed by atoms with Crippen molar-refractivity contribution < 1.29 is 24.1 Å². The van der Waals surface area contributed by atoms with Gasteiger partial charge in [-0.3, -0.25) is 4.79 Å². The summed E-state index contributed by atoms with van der Waals surface area (Å²) >= 11 is 0. The van der Waals surface area contributed by atoms with Crippen molar-refractivity contribution in [1.29, 1.82) is 0 Å². The molecule has 1 aromatic carbocycles. The number of ether oxygens (including phenoxy) is 1. The molecule has 0 aromatic heterocycles. The summed E-state index contributed by atoms with van der Waals surface area (Å²) in [7, 11) is 1.33. The number of carbonyl (C=O) groups is 1. The fraction of sp³-hybridized carbons (Fsp3) is 0.417. The lowest BCUT2D eigenvalue weighted by molar-refractivity contribution is -0.137.